The lowest BCUT2D eigenvalue weighted by Gasteiger charge is -2.32. The first-order valence-electron chi connectivity index (χ1n) is 8.82. The summed E-state index contributed by atoms with van der Waals surface area (Å²) in [7, 11) is 0. The molecule has 5 heteroatoms. The third kappa shape index (κ3) is 3.27. The van der Waals surface area contributed by atoms with Crippen LogP contribution in [0, 0.1) is 6.92 Å². The van der Waals surface area contributed by atoms with Crippen LogP contribution in [-0.2, 0) is 11.2 Å². The second kappa shape index (κ2) is 6.67. The number of rotatable bonds is 3. The Morgan fingerprint density at radius 1 is 1.32 bits per heavy atom. The number of carbonyl (C=O) groups is 1. The number of H-pyrrole nitrogens is 1. The maximum absolute atomic E-state index is 12.8. The number of amides is 1. The number of fused-ring (bicyclic) bond motifs is 1. The summed E-state index contributed by atoms with van der Waals surface area (Å²) in [5, 5.41) is 1.13. The van der Waals surface area contributed by atoms with Gasteiger partial charge in [-0.15, -0.1) is 0 Å². The van der Waals surface area contributed by atoms with E-state index < -0.39 is 0 Å². The summed E-state index contributed by atoms with van der Waals surface area (Å²) >= 11 is 0. The Hall–Kier alpha value is -2.69. The lowest BCUT2D eigenvalue weighted by atomic mass is 9.94. The monoisotopic (exact) mass is 334 g/mol. The second-order valence-electron chi connectivity index (χ2n) is 6.80. The van der Waals surface area contributed by atoms with Gasteiger partial charge in [-0.25, -0.2) is 0 Å². The highest BCUT2D eigenvalue weighted by Crippen LogP contribution is 2.26. The molecule has 3 aromatic rings. The normalized spacial score (nSPS) is 17.8. The Morgan fingerprint density at radius 2 is 2.20 bits per heavy atom. The molecule has 25 heavy (non-hydrogen) atoms. The molecule has 5 nitrogen and oxygen atoms in total. The molecule has 1 aliphatic heterocycles. The molecular formula is C20H22N4O. The van der Waals surface area contributed by atoms with Crippen LogP contribution in [0.4, 0.5) is 0 Å². The van der Waals surface area contributed by atoms with Crippen molar-refractivity contribution in [3.05, 3.63) is 59.8 Å². The molecule has 1 aliphatic rings. The summed E-state index contributed by atoms with van der Waals surface area (Å²) in [5.74, 6) is 0.475. The van der Waals surface area contributed by atoms with Gasteiger partial charge in [-0.1, -0.05) is 18.2 Å². The van der Waals surface area contributed by atoms with Crippen molar-refractivity contribution < 1.29 is 4.79 Å². The Morgan fingerprint density at radius 3 is 3.08 bits per heavy atom. The van der Waals surface area contributed by atoms with Crippen LogP contribution in [0.15, 0.2) is 42.9 Å². The molecule has 1 N–H and O–H groups in total. The fraction of sp³-hybridized carbons (Fsp3) is 0.350. The smallest absolute Gasteiger partial charge is 0.227 e. The van der Waals surface area contributed by atoms with E-state index in [4.69, 9.17) is 0 Å². The number of nitrogens with one attached hydrogen (secondary N) is 1. The highest BCUT2D eigenvalue weighted by atomic mass is 16.2. The number of carbonyl (C=O) groups excluding carboxylic acids is 1. The Labute approximate surface area is 147 Å². The molecule has 1 fully saturated rings. The number of likely N-dealkylation sites (tertiary alicyclic amines) is 1. The van der Waals surface area contributed by atoms with Crippen molar-refractivity contribution in [2.24, 2.45) is 0 Å². The standard InChI is InChI=1S/C20H22N4O/c1-14-10-21-12-19(23-14)15-5-4-8-24(13-15)20(25)9-16-11-22-18-7-3-2-6-17(16)18/h2-3,6-7,10-12,15,22H,4-5,8-9,13H2,1H3/t15-/m0/s1. The number of piperidine rings is 1. The number of hydrogen-bond donors (Lipinski definition) is 1. The minimum absolute atomic E-state index is 0.190. The van der Waals surface area contributed by atoms with E-state index in [2.05, 4.69) is 21.0 Å². The van der Waals surface area contributed by atoms with E-state index in [0.29, 0.717) is 6.42 Å². The third-order valence-corrected chi connectivity index (χ3v) is 4.98. The molecule has 3 heterocycles. The van der Waals surface area contributed by atoms with Crippen LogP contribution in [0.25, 0.3) is 10.9 Å². The van der Waals surface area contributed by atoms with Crippen molar-refractivity contribution in [2.75, 3.05) is 13.1 Å². The predicted octanol–water partition coefficient (Wildman–Crippen LogP) is 3.22. The number of hydrogen-bond acceptors (Lipinski definition) is 3. The number of aryl methyl sites for hydroxylation is 1. The van der Waals surface area contributed by atoms with Gasteiger partial charge in [-0.05, 0) is 31.4 Å². The minimum Gasteiger partial charge on any atom is -0.361 e. The largest absolute Gasteiger partial charge is 0.361 e. The Kier molecular flexibility index (Phi) is 4.22. The van der Waals surface area contributed by atoms with Crippen LogP contribution in [0.5, 0.6) is 0 Å². The number of aromatic amines is 1. The number of nitrogens with zero attached hydrogens (tertiary/aromatic N) is 3. The van der Waals surface area contributed by atoms with Crippen LogP contribution in [0.1, 0.15) is 35.7 Å². The molecule has 0 spiro atoms. The van der Waals surface area contributed by atoms with Gasteiger partial charge in [0.25, 0.3) is 0 Å². The lowest BCUT2D eigenvalue weighted by Crippen LogP contribution is -2.40. The van der Waals surface area contributed by atoms with Crippen LogP contribution in [0.2, 0.25) is 0 Å². The molecule has 0 radical (unpaired) electrons. The Bertz CT molecular complexity index is 901. The fourth-order valence-corrected chi connectivity index (χ4v) is 3.68. The van der Waals surface area contributed by atoms with Gasteiger partial charge in [0.2, 0.25) is 5.91 Å². The Balaban J connectivity index is 1.48. The maximum atomic E-state index is 12.8. The summed E-state index contributed by atoms with van der Waals surface area (Å²) in [4.78, 5) is 26.9. The molecule has 2 aromatic heterocycles. The maximum Gasteiger partial charge on any atom is 0.227 e. The lowest BCUT2D eigenvalue weighted by molar-refractivity contribution is -0.131. The van der Waals surface area contributed by atoms with Crippen LogP contribution in [0.3, 0.4) is 0 Å². The summed E-state index contributed by atoms with van der Waals surface area (Å²) in [6.45, 7) is 3.52. The van der Waals surface area contributed by atoms with Crippen LogP contribution in [-0.4, -0.2) is 38.8 Å². The van der Waals surface area contributed by atoms with E-state index in [1.165, 1.54) is 0 Å². The first kappa shape index (κ1) is 15.8. The fourth-order valence-electron chi connectivity index (χ4n) is 3.68. The average Bonchev–Trinajstić information content (AvgIpc) is 3.05. The SMILES string of the molecule is Cc1cncc([C@H]2CCCN(C(=O)Cc3c[nH]c4ccccc34)C2)n1. The van der Waals surface area contributed by atoms with E-state index in [9.17, 15) is 4.79 Å². The first-order valence-corrected chi connectivity index (χ1v) is 8.82. The van der Waals surface area contributed by atoms with Crippen LogP contribution < -0.4 is 0 Å². The molecule has 4 rings (SSSR count). The molecule has 128 valence electrons. The van der Waals surface area contributed by atoms with Gasteiger partial charge in [-0.3, -0.25) is 14.8 Å². The van der Waals surface area contributed by atoms with Crippen LogP contribution >= 0.6 is 0 Å². The average molecular weight is 334 g/mol. The molecule has 1 amide bonds. The summed E-state index contributed by atoms with van der Waals surface area (Å²) in [6.07, 6.45) is 8.08. The van der Waals surface area contributed by atoms with Gasteiger partial charge >= 0.3 is 0 Å². The van der Waals surface area contributed by atoms with E-state index in [1.807, 2.05) is 42.4 Å². The molecule has 1 atom stereocenters. The topological polar surface area (TPSA) is 61.9 Å². The summed E-state index contributed by atoms with van der Waals surface area (Å²) < 4.78 is 0. The third-order valence-electron chi connectivity index (χ3n) is 4.98. The molecule has 0 unspecified atom stereocenters. The van der Waals surface area contributed by atoms with E-state index in [0.717, 1.165) is 53.8 Å². The highest BCUT2D eigenvalue weighted by molar-refractivity contribution is 5.88. The molecule has 1 aromatic carbocycles. The van der Waals surface area contributed by atoms with Crippen molar-refractivity contribution in [2.45, 2.75) is 32.1 Å². The molecule has 0 aliphatic carbocycles. The second-order valence-corrected chi connectivity index (χ2v) is 6.80. The number of para-hydroxylation sites is 1. The zero-order valence-electron chi connectivity index (χ0n) is 14.4. The zero-order valence-corrected chi connectivity index (χ0v) is 14.4. The van der Waals surface area contributed by atoms with Crippen molar-refractivity contribution in [3.63, 3.8) is 0 Å². The molecular weight excluding hydrogens is 312 g/mol. The van der Waals surface area contributed by atoms with Gasteiger partial charge in [-0.2, -0.15) is 0 Å². The van der Waals surface area contributed by atoms with E-state index in [1.54, 1.807) is 6.20 Å². The zero-order chi connectivity index (χ0) is 17.2. The van der Waals surface area contributed by atoms with Crippen molar-refractivity contribution in [1.82, 2.24) is 19.9 Å². The first-order chi connectivity index (χ1) is 12.2. The number of benzene rings is 1. The molecule has 0 saturated carbocycles. The van der Waals surface area contributed by atoms with Gasteiger partial charge in [0.15, 0.2) is 0 Å². The van der Waals surface area contributed by atoms with Crippen molar-refractivity contribution >= 4 is 16.8 Å². The van der Waals surface area contributed by atoms with Crippen molar-refractivity contribution in [3.8, 4) is 0 Å². The number of aromatic nitrogens is 3. The minimum atomic E-state index is 0.190. The molecule has 0 bridgehead atoms. The summed E-state index contributed by atoms with van der Waals surface area (Å²) in [5.41, 5.74) is 4.08. The molecule has 1 saturated heterocycles. The van der Waals surface area contributed by atoms with Gasteiger partial charge in [0.05, 0.1) is 17.8 Å². The van der Waals surface area contributed by atoms with Gasteiger partial charge in [0, 0.05) is 48.5 Å². The predicted molar refractivity (Wildman–Crippen MR) is 97.3 cm³/mol. The van der Waals surface area contributed by atoms with Crippen molar-refractivity contribution in [1.29, 1.82) is 0 Å². The summed E-state index contributed by atoms with van der Waals surface area (Å²) in [6, 6.07) is 8.12. The highest BCUT2D eigenvalue weighted by Gasteiger charge is 2.26. The van der Waals surface area contributed by atoms with Gasteiger partial charge in [0.1, 0.15) is 0 Å². The van der Waals surface area contributed by atoms with E-state index in [-0.39, 0.29) is 11.8 Å². The van der Waals surface area contributed by atoms with Gasteiger partial charge < -0.3 is 9.88 Å². The van der Waals surface area contributed by atoms with E-state index >= 15 is 0 Å². The quantitative estimate of drug-likeness (QED) is 0.800.